The molecule has 1 aromatic rings. The second-order valence-corrected chi connectivity index (χ2v) is 7.27. The van der Waals surface area contributed by atoms with E-state index in [1.165, 1.54) is 6.26 Å². The summed E-state index contributed by atoms with van der Waals surface area (Å²) in [5, 5.41) is 2.93. The lowest BCUT2D eigenvalue weighted by molar-refractivity contribution is -0.124. The molecule has 10 heteroatoms. The van der Waals surface area contributed by atoms with Crippen molar-refractivity contribution in [3.63, 3.8) is 0 Å². The minimum absolute atomic E-state index is 0.0449. The number of amides is 3. The number of carbonyl (C=O) groups is 3. The first kappa shape index (κ1) is 19.6. The van der Waals surface area contributed by atoms with Crippen molar-refractivity contribution < 1.29 is 23.9 Å². The Hall–Kier alpha value is -2.16. The first-order valence-corrected chi connectivity index (χ1v) is 9.46. The standard InChI is InChI=1S/C17H14Cl2N2O5S/c18-11-2-1-10(7-12(11)19)8-14-16(23)21(17(24)27-14)4-3-20-15(22)13-9-25-5-6-26-13/h1-2,7-9H,3-6H2,(H,20,22)/b14-8-. The third kappa shape index (κ3) is 4.77. The summed E-state index contributed by atoms with van der Waals surface area (Å²) in [6.45, 7) is 0.821. The van der Waals surface area contributed by atoms with Crippen molar-refractivity contribution in [2.45, 2.75) is 0 Å². The van der Waals surface area contributed by atoms with Gasteiger partial charge in [-0.05, 0) is 35.5 Å². The monoisotopic (exact) mass is 428 g/mol. The zero-order chi connectivity index (χ0) is 19.4. The molecule has 0 saturated carbocycles. The maximum atomic E-state index is 12.4. The van der Waals surface area contributed by atoms with E-state index in [1.54, 1.807) is 24.3 Å². The lowest BCUT2D eigenvalue weighted by Crippen LogP contribution is -2.38. The van der Waals surface area contributed by atoms with Gasteiger partial charge in [-0.15, -0.1) is 0 Å². The highest BCUT2D eigenvalue weighted by Crippen LogP contribution is 2.33. The topological polar surface area (TPSA) is 84.9 Å². The lowest BCUT2D eigenvalue weighted by Gasteiger charge is -2.16. The number of thioether (sulfide) groups is 1. The summed E-state index contributed by atoms with van der Waals surface area (Å²) in [4.78, 5) is 37.8. The molecule has 3 amide bonds. The number of benzene rings is 1. The van der Waals surface area contributed by atoms with Gasteiger partial charge in [-0.25, -0.2) is 0 Å². The molecule has 2 heterocycles. The fraction of sp³-hybridized carbons (Fsp3) is 0.235. The highest BCUT2D eigenvalue weighted by Gasteiger charge is 2.34. The van der Waals surface area contributed by atoms with Gasteiger partial charge in [-0.1, -0.05) is 29.3 Å². The van der Waals surface area contributed by atoms with Crippen molar-refractivity contribution in [1.29, 1.82) is 0 Å². The van der Waals surface area contributed by atoms with Crippen LogP contribution in [0.5, 0.6) is 0 Å². The molecule has 1 fully saturated rings. The van der Waals surface area contributed by atoms with E-state index in [4.69, 9.17) is 32.7 Å². The van der Waals surface area contributed by atoms with Gasteiger partial charge in [0, 0.05) is 13.1 Å². The number of halogens is 2. The zero-order valence-corrected chi connectivity index (χ0v) is 16.2. The molecular weight excluding hydrogens is 415 g/mol. The largest absolute Gasteiger partial charge is 0.494 e. The van der Waals surface area contributed by atoms with Crippen LogP contribution in [0.25, 0.3) is 6.08 Å². The van der Waals surface area contributed by atoms with E-state index >= 15 is 0 Å². The zero-order valence-electron chi connectivity index (χ0n) is 13.9. The van der Waals surface area contributed by atoms with E-state index in [9.17, 15) is 14.4 Å². The van der Waals surface area contributed by atoms with Crippen LogP contribution in [-0.4, -0.2) is 48.3 Å². The molecule has 0 unspecified atom stereocenters. The number of hydrogen-bond donors (Lipinski definition) is 1. The van der Waals surface area contributed by atoms with E-state index < -0.39 is 17.1 Å². The molecule has 2 aliphatic rings. The fourth-order valence-corrected chi connectivity index (χ4v) is 3.47. The predicted molar refractivity (Wildman–Crippen MR) is 102 cm³/mol. The highest BCUT2D eigenvalue weighted by atomic mass is 35.5. The number of nitrogens with one attached hydrogen (secondary N) is 1. The van der Waals surface area contributed by atoms with E-state index in [2.05, 4.69) is 5.32 Å². The minimum Gasteiger partial charge on any atom is -0.494 e. The van der Waals surface area contributed by atoms with Crippen molar-refractivity contribution in [2.24, 2.45) is 0 Å². The molecule has 0 aliphatic carbocycles. The fourth-order valence-electron chi connectivity index (χ4n) is 2.30. The Kier molecular flexibility index (Phi) is 6.30. The van der Waals surface area contributed by atoms with Gasteiger partial charge in [-0.3, -0.25) is 19.3 Å². The number of hydrogen-bond acceptors (Lipinski definition) is 6. The van der Waals surface area contributed by atoms with Crippen molar-refractivity contribution in [3.05, 3.63) is 50.7 Å². The van der Waals surface area contributed by atoms with Crippen molar-refractivity contribution in [1.82, 2.24) is 10.2 Å². The average molecular weight is 429 g/mol. The molecule has 7 nitrogen and oxygen atoms in total. The second kappa shape index (κ2) is 8.69. The summed E-state index contributed by atoms with van der Waals surface area (Å²) in [5.74, 6) is -0.829. The van der Waals surface area contributed by atoms with Gasteiger partial charge in [0.05, 0.1) is 15.0 Å². The molecular formula is C17H14Cl2N2O5S. The molecule has 0 bridgehead atoms. The average Bonchev–Trinajstić information content (AvgIpc) is 2.92. The van der Waals surface area contributed by atoms with Gasteiger partial charge >= 0.3 is 0 Å². The molecule has 2 aliphatic heterocycles. The summed E-state index contributed by atoms with van der Waals surface area (Å²) < 4.78 is 10.2. The summed E-state index contributed by atoms with van der Waals surface area (Å²) in [6, 6.07) is 4.92. The predicted octanol–water partition coefficient (Wildman–Crippen LogP) is 3.03. The SMILES string of the molecule is O=C(NCCN1C(=O)S/C(=C\c2ccc(Cl)c(Cl)c2)C1=O)C1=COCCO1. The quantitative estimate of drug-likeness (QED) is 0.725. The molecule has 142 valence electrons. The number of imide groups is 1. The van der Waals surface area contributed by atoms with Crippen molar-refractivity contribution >= 4 is 58.1 Å². The molecule has 1 N–H and O–H groups in total. The summed E-state index contributed by atoms with van der Waals surface area (Å²) in [5.41, 5.74) is 0.657. The molecule has 0 spiro atoms. The van der Waals surface area contributed by atoms with Crippen LogP contribution in [0.3, 0.4) is 0 Å². The van der Waals surface area contributed by atoms with Crippen LogP contribution < -0.4 is 5.32 Å². The molecule has 27 heavy (non-hydrogen) atoms. The van der Waals surface area contributed by atoms with Gasteiger partial charge in [-0.2, -0.15) is 0 Å². The third-order valence-corrected chi connectivity index (χ3v) is 5.26. The summed E-state index contributed by atoms with van der Waals surface area (Å²) in [6.07, 6.45) is 2.81. The molecule has 0 atom stereocenters. The Bertz CT molecular complexity index is 856. The van der Waals surface area contributed by atoms with Crippen molar-refractivity contribution in [3.8, 4) is 0 Å². The van der Waals surface area contributed by atoms with E-state index in [0.717, 1.165) is 16.7 Å². The molecule has 0 aromatic heterocycles. The van der Waals surface area contributed by atoms with E-state index in [-0.39, 0.29) is 23.8 Å². The molecule has 1 saturated heterocycles. The number of rotatable bonds is 5. The maximum absolute atomic E-state index is 12.4. The first-order valence-electron chi connectivity index (χ1n) is 7.89. The van der Waals surface area contributed by atoms with Crippen LogP contribution >= 0.6 is 35.0 Å². The maximum Gasteiger partial charge on any atom is 0.293 e. The molecule has 3 rings (SSSR count). The Morgan fingerprint density at radius 1 is 1.26 bits per heavy atom. The van der Waals surface area contributed by atoms with Crippen LogP contribution in [0.2, 0.25) is 10.0 Å². The first-order chi connectivity index (χ1) is 13.0. The van der Waals surface area contributed by atoms with Gasteiger partial charge in [0.15, 0.2) is 0 Å². The Morgan fingerprint density at radius 2 is 2.07 bits per heavy atom. The van der Waals surface area contributed by atoms with Crippen LogP contribution in [0, 0.1) is 0 Å². The number of ether oxygens (including phenoxy) is 2. The molecule has 1 aromatic carbocycles. The third-order valence-electron chi connectivity index (χ3n) is 3.61. The second-order valence-electron chi connectivity index (χ2n) is 5.46. The number of carbonyl (C=O) groups excluding carboxylic acids is 3. The van der Waals surface area contributed by atoms with Crippen molar-refractivity contribution in [2.75, 3.05) is 26.3 Å². The smallest absolute Gasteiger partial charge is 0.293 e. The highest BCUT2D eigenvalue weighted by molar-refractivity contribution is 8.18. The normalized spacial score (nSPS) is 18.2. The van der Waals surface area contributed by atoms with E-state index in [0.29, 0.717) is 28.8 Å². The van der Waals surface area contributed by atoms with Gasteiger partial charge < -0.3 is 14.8 Å². The van der Waals surface area contributed by atoms with E-state index in [1.807, 2.05) is 0 Å². The Balaban J connectivity index is 1.59. The van der Waals surface area contributed by atoms with Crippen LogP contribution in [0.15, 0.2) is 35.1 Å². The Morgan fingerprint density at radius 3 is 2.78 bits per heavy atom. The van der Waals surface area contributed by atoms with Crippen LogP contribution in [-0.2, 0) is 19.1 Å². The number of nitrogens with zero attached hydrogens (tertiary/aromatic N) is 1. The lowest BCUT2D eigenvalue weighted by atomic mass is 10.2. The molecule has 0 radical (unpaired) electrons. The van der Waals surface area contributed by atoms with Gasteiger partial charge in [0.2, 0.25) is 5.76 Å². The summed E-state index contributed by atoms with van der Waals surface area (Å²) in [7, 11) is 0. The van der Waals surface area contributed by atoms with Gasteiger partial charge in [0.1, 0.15) is 19.5 Å². The Labute approximate surface area is 169 Å². The minimum atomic E-state index is -0.465. The van der Waals surface area contributed by atoms with Crippen LogP contribution in [0.4, 0.5) is 4.79 Å². The van der Waals surface area contributed by atoms with Crippen LogP contribution in [0.1, 0.15) is 5.56 Å². The van der Waals surface area contributed by atoms with Gasteiger partial charge in [0.25, 0.3) is 17.1 Å². The summed E-state index contributed by atoms with van der Waals surface area (Å²) >= 11 is 12.7.